The Hall–Kier alpha value is -2.33. The monoisotopic (exact) mass is 311 g/mol. The van der Waals surface area contributed by atoms with E-state index in [9.17, 15) is 9.90 Å². The fraction of sp³-hybridized carbons (Fsp3) is 0.316. The van der Waals surface area contributed by atoms with Crippen molar-refractivity contribution >= 4 is 11.7 Å². The molecule has 0 saturated carbocycles. The first-order chi connectivity index (χ1) is 10.9. The van der Waals surface area contributed by atoms with Crippen molar-refractivity contribution < 1.29 is 15.0 Å². The Bertz CT molecular complexity index is 733. The summed E-state index contributed by atoms with van der Waals surface area (Å²) in [4.78, 5) is 13.1. The van der Waals surface area contributed by atoms with Gasteiger partial charge in [-0.2, -0.15) is 0 Å². The highest BCUT2D eigenvalue weighted by Gasteiger charge is 2.32. The van der Waals surface area contributed by atoms with E-state index >= 15 is 0 Å². The highest BCUT2D eigenvalue weighted by molar-refractivity contribution is 5.76. The third kappa shape index (κ3) is 3.22. The SMILES string of the molecule is Cc1cc(-c2cccc(C(C)O)c2)cc(N2CC(C(=O)O)C2)c1. The predicted molar refractivity (Wildman–Crippen MR) is 90.6 cm³/mol. The Labute approximate surface area is 136 Å². The van der Waals surface area contributed by atoms with Crippen molar-refractivity contribution in [3.63, 3.8) is 0 Å². The van der Waals surface area contributed by atoms with Crippen molar-refractivity contribution in [2.75, 3.05) is 18.0 Å². The van der Waals surface area contributed by atoms with E-state index in [2.05, 4.69) is 23.1 Å². The van der Waals surface area contributed by atoms with Gasteiger partial charge in [-0.25, -0.2) is 0 Å². The molecule has 1 aliphatic heterocycles. The van der Waals surface area contributed by atoms with Gasteiger partial charge in [0, 0.05) is 18.8 Å². The van der Waals surface area contributed by atoms with Gasteiger partial charge in [0.2, 0.25) is 0 Å². The first kappa shape index (κ1) is 15.6. The molecule has 0 amide bonds. The van der Waals surface area contributed by atoms with Crippen LogP contribution in [0.25, 0.3) is 11.1 Å². The summed E-state index contributed by atoms with van der Waals surface area (Å²) in [6, 6.07) is 14.2. The van der Waals surface area contributed by atoms with E-state index in [1.165, 1.54) is 0 Å². The number of carboxylic acid groups (broad SMARTS) is 1. The summed E-state index contributed by atoms with van der Waals surface area (Å²) >= 11 is 0. The van der Waals surface area contributed by atoms with Crippen LogP contribution in [0.3, 0.4) is 0 Å². The van der Waals surface area contributed by atoms with Crippen LogP contribution in [0.4, 0.5) is 5.69 Å². The van der Waals surface area contributed by atoms with Gasteiger partial charge in [-0.05, 0) is 54.3 Å². The fourth-order valence-corrected chi connectivity index (χ4v) is 2.94. The number of hydrogen-bond acceptors (Lipinski definition) is 3. The van der Waals surface area contributed by atoms with E-state index in [1.54, 1.807) is 6.92 Å². The molecule has 1 heterocycles. The molecule has 0 spiro atoms. The zero-order valence-corrected chi connectivity index (χ0v) is 13.4. The summed E-state index contributed by atoms with van der Waals surface area (Å²) in [5.41, 5.74) is 5.23. The number of aryl methyl sites for hydroxylation is 1. The average Bonchev–Trinajstić information content (AvgIpc) is 2.45. The van der Waals surface area contributed by atoms with E-state index in [0.717, 1.165) is 27.9 Å². The highest BCUT2D eigenvalue weighted by atomic mass is 16.4. The molecular formula is C19H21NO3. The van der Waals surface area contributed by atoms with Crippen LogP contribution in [-0.4, -0.2) is 29.3 Å². The number of aliphatic hydroxyl groups is 1. The van der Waals surface area contributed by atoms with Gasteiger partial charge in [-0.3, -0.25) is 4.79 Å². The number of nitrogens with zero attached hydrogens (tertiary/aromatic N) is 1. The van der Waals surface area contributed by atoms with Crippen LogP contribution in [0.5, 0.6) is 0 Å². The van der Waals surface area contributed by atoms with Gasteiger partial charge in [0.1, 0.15) is 0 Å². The standard InChI is InChI=1S/C19H21NO3/c1-12-6-16(15-5-3-4-14(8-15)13(2)21)9-18(7-12)20-10-17(11-20)19(22)23/h3-9,13,17,21H,10-11H2,1-2H3,(H,22,23). The molecule has 3 rings (SSSR count). The van der Waals surface area contributed by atoms with E-state index in [0.29, 0.717) is 13.1 Å². The van der Waals surface area contributed by atoms with Crippen LogP contribution in [0.1, 0.15) is 24.2 Å². The molecule has 0 radical (unpaired) electrons. The molecule has 23 heavy (non-hydrogen) atoms. The normalized spacial score (nSPS) is 16.0. The first-order valence-corrected chi connectivity index (χ1v) is 7.82. The second kappa shape index (κ2) is 6.05. The number of rotatable bonds is 4. The smallest absolute Gasteiger partial charge is 0.310 e. The Kier molecular flexibility index (Phi) is 4.09. The van der Waals surface area contributed by atoms with Crippen molar-refractivity contribution in [2.24, 2.45) is 5.92 Å². The van der Waals surface area contributed by atoms with Crippen LogP contribution in [-0.2, 0) is 4.79 Å². The Morgan fingerprint density at radius 3 is 2.57 bits per heavy atom. The summed E-state index contributed by atoms with van der Waals surface area (Å²) < 4.78 is 0. The summed E-state index contributed by atoms with van der Waals surface area (Å²) in [6.45, 7) is 4.92. The molecule has 2 aromatic carbocycles. The molecular weight excluding hydrogens is 290 g/mol. The number of carbonyl (C=O) groups is 1. The summed E-state index contributed by atoms with van der Waals surface area (Å²) in [5.74, 6) is -0.990. The second-order valence-electron chi connectivity index (χ2n) is 6.30. The molecule has 0 aliphatic carbocycles. The van der Waals surface area contributed by atoms with E-state index in [1.807, 2.05) is 31.2 Å². The molecule has 4 nitrogen and oxygen atoms in total. The topological polar surface area (TPSA) is 60.8 Å². The predicted octanol–water partition coefficient (Wildman–Crippen LogP) is 3.24. The van der Waals surface area contributed by atoms with Crippen molar-refractivity contribution in [3.8, 4) is 11.1 Å². The molecule has 120 valence electrons. The van der Waals surface area contributed by atoms with Crippen molar-refractivity contribution in [1.82, 2.24) is 0 Å². The zero-order valence-electron chi connectivity index (χ0n) is 13.4. The molecule has 0 aromatic heterocycles. The zero-order chi connectivity index (χ0) is 16.6. The lowest BCUT2D eigenvalue weighted by molar-refractivity contribution is -0.142. The number of benzene rings is 2. The van der Waals surface area contributed by atoms with Crippen LogP contribution in [0, 0.1) is 12.8 Å². The minimum atomic E-state index is -0.723. The molecule has 2 aromatic rings. The van der Waals surface area contributed by atoms with Crippen LogP contribution < -0.4 is 4.90 Å². The third-order valence-electron chi connectivity index (χ3n) is 4.36. The molecule has 4 heteroatoms. The van der Waals surface area contributed by atoms with Crippen molar-refractivity contribution in [3.05, 3.63) is 53.6 Å². The van der Waals surface area contributed by atoms with Crippen LogP contribution in [0.15, 0.2) is 42.5 Å². The van der Waals surface area contributed by atoms with Crippen LogP contribution in [0.2, 0.25) is 0 Å². The molecule has 1 atom stereocenters. The maximum atomic E-state index is 11.0. The van der Waals surface area contributed by atoms with Gasteiger partial charge in [0.05, 0.1) is 12.0 Å². The van der Waals surface area contributed by atoms with Gasteiger partial charge in [0.15, 0.2) is 0 Å². The van der Waals surface area contributed by atoms with Gasteiger partial charge in [-0.15, -0.1) is 0 Å². The highest BCUT2D eigenvalue weighted by Crippen LogP contribution is 2.31. The Morgan fingerprint density at radius 2 is 1.91 bits per heavy atom. The fourth-order valence-electron chi connectivity index (χ4n) is 2.94. The number of carboxylic acids is 1. The second-order valence-corrected chi connectivity index (χ2v) is 6.30. The number of aliphatic carboxylic acids is 1. The molecule has 1 saturated heterocycles. The third-order valence-corrected chi connectivity index (χ3v) is 4.36. The largest absolute Gasteiger partial charge is 0.481 e. The Morgan fingerprint density at radius 1 is 1.17 bits per heavy atom. The molecule has 1 aliphatic rings. The van der Waals surface area contributed by atoms with Crippen LogP contribution >= 0.6 is 0 Å². The Balaban J connectivity index is 1.89. The number of anilines is 1. The number of aliphatic hydroxyl groups excluding tert-OH is 1. The summed E-state index contributed by atoms with van der Waals surface area (Å²) in [6.07, 6.45) is -0.495. The molecule has 0 bridgehead atoms. The first-order valence-electron chi connectivity index (χ1n) is 7.82. The van der Waals surface area contributed by atoms with E-state index in [4.69, 9.17) is 5.11 Å². The maximum absolute atomic E-state index is 11.0. The van der Waals surface area contributed by atoms with Gasteiger partial charge < -0.3 is 15.1 Å². The lowest BCUT2D eigenvalue weighted by Gasteiger charge is -2.39. The van der Waals surface area contributed by atoms with E-state index < -0.39 is 12.1 Å². The van der Waals surface area contributed by atoms with Crippen molar-refractivity contribution in [1.29, 1.82) is 0 Å². The van der Waals surface area contributed by atoms with Gasteiger partial charge >= 0.3 is 5.97 Å². The quantitative estimate of drug-likeness (QED) is 0.910. The minimum absolute atomic E-state index is 0.266. The van der Waals surface area contributed by atoms with E-state index in [-0.39, 0.29) is 5.92 Å². The summed E-state index contributed by atoms with van der Waals surface area (Å²) in [7, 11) is 0. The summed E-state index contributed by atoms with van der Waals surface area (Å²) in [5, 5.41) is 18.8. The average molecular weight is 311 g/mol. The lowest BCUT2D eigenvalue weighted by atomic mass is 9.96. The maximum Gasteiger partial charge on any atom is 0.310 e. The lowest BCUT2D eigenvalue weighted by Crippen LogP contribution is -2.50. The van der Waals surface area contributed by atoms with Gasteiger partial charge in [-0.1, -0.05) is 24.3 Å². The molecule has 1 unspecified atom stereocenters. The van der Waals surface area contributed by atoms with Crippen molar-refractivity contribution in [2.45, 2.75) is 20.0 Å². The molecule has 2 N–H and O–H groups in total. The number of hydrogen-bond donors (Lipinski definition) is 2. The minimum Gasteiger partial charge on any atom is -0.481 e. The van der Waals surface area contributed by atoms with Gasteiger partial charge in [0.25, 0.3) is 0 Å². The molecule has 1 fully saturated rings.